The second-order valence-corrected chi connectivity index (χ2v) is 6.44. The molecule has 140 valence electrons. The Morgan fingerprint density at radius 2 is 2.04 bits per heavy atom. The fraction of sp³-hybridized carbons (Fsp3) is 0.389. The summed E-state index contributed by atoms with van der Waals surface area (Å²) in [7, 11) is 1.55. The van der Waals surface area contributed by atoms with Crippen molar-refractivity contribution in [3.63, 3.8) is 0 Å². The van der Waals surface area contributed by atoms with Crippen LogP contribution < -0.4 is 10.6 Å². The molecule has 1 heterocycles. The third-order valence-corrected chi connectivity index (χ3v) is 4.05. The number of benzene rings is 1. The maximum Gasteiger partial charge on any atom is 0.274 e. The summed E-state index contributed by atoms with van der Waals surface area (Å²) in [6, 6.07) is 7.90. The Balaban J connectivity index is 2.08. The number of rotatable bonds is 8. The lowest BCUT2D eigenvalue weighted by Crippen LogP contribution is -2.50. The third-order valence-electron chi connectivity index (χ3n) is 3.72. The fourth-order valence-electron chi connectivity index (χ4n) is 2.31. The number of halogens is 1. The standard InChI is InChI=1S/C18H22ClN3O4/c1-11(2)16(18(24)20-8-9-25-3)21-17(23)14-10-15(26-22-14)12-6-4-5-7-13(12)19/h4-7,10-11,16H,8-9H2,1-3H3,(H,20,24)(H,21,23). The highest BCUT2D eigenvalue weighted by Gasteiger charge is 2.26. The zero-order valence-corrected chi connectivity index (χ0v) is 15.7. The molecule has 0 radical (unpaired) electrons. The molecule has 1 unspecified atom stereocenters. The minimum Gasteiger partial charge on any atom is -0.383 e. The lowest BCUT2D eigenvalue weighted by Gasteiger charge is -2.21. The van der Waals surface area contributed by atoms with E-state index in [1.54, 1.807) is 25.3 Å². The van der Waals surface area contributed by atoms with E-state index in [0.29, 0.717) is 29.5 Å². The summed E-state index contributed by atoms with van der Waals surface area (Å²) in [4.78, 5) is 24.7. The number of carbonyl (C=O) groups excluding carboxylic acids is 2. The average Bonchev–Trinajstić information content (AvgIpc) is 3.09. The van der Waals surface area contributed by atoms with Gasteiger partial charge in [-0.1, -0.05) is 42.7 Å². The Bertz CT molecular complexity index is 760. The van der Waals surface area contributed by atoms with Crippen LogP contribution in [0.15, 0.2) is 34.9 Å². The number of methoxy groups -OCH3 is 1. The Kier molecular flexibility index (Phi) is 7.17. The van der Waals surface area contributed by atoms with E-state index in [9.17, 15) is 9.59 Å². The molecule has 1 atom stereocenters. The van der Waals surface area contributed by atoms with E-state index in [1.165, 1.54) is 6.07 Å². The van der Waals surface area contributed by atoms with Crippen molar-refractivity contribution in [3.05, 3.63) is 41.0 Å². The van der Waals surface area contributed by atoms with Gasteiger partial charge in [0.15, 0.2) is 11.5 Å². The number of aromatic nitrogens is 1. The first-order chi connectivity index (χ1) is 12.4. The third kappa shape index (κ3) is 5.06. The van der Waals surface area contributed by atoms with Crippen LogP contribution in [0.25, 0.3) is 11.3 Å². The van der Waals surface area contributed by atoms with E-state index in [0.717, 1.165) is 0 Å². The van der Waals surface area contributed by atoms with Gasteiger partial charge in [-0.15, -0.1) is 0 Å². The van der Waals surface area contributed by atoms with Gasteiger partial charge in [0.1, 0.15) is 6.04 Å². The summed E-state index contributed by atoms with van der Waals surface area (Å²) in [5.41, 5.74) is 0.716. The van der Waals surface area contributed by atoms with Gasteiger partial charge >= 0.3 is 0 Å². The zero-order chi connectivity index (χ0) is 19.1. The molecule has 0 bridgehead atoms. The fourth-order valence-corrected chi connectivity index (χ4v) is 2.54. The van der Waals surface area contributed by atoms with Crippen LogP contribution in [0.3, 0.4) is 0 Å². The minimum absolute atomic E-state index is 0.0789. The lowest BCUT2D eigenvalue weighted by molar-refractivity contribution is -0.124. The number of hydrogen-bond donors (Lipinski definition) is 2. The largest absolute Gasteiger partial charge is 0.383 e. The van der Waals surface area contributed by atoms with Crippen molar-refractivity contribution >= 4 is 23.4 Å². The van der Waals surface area contributed by atoms with Crippen LogP contribution in [0.1, 0.15) is 24.3 Å². The molecule has 26 heavy (non-hydrogen) atoms. The van der Waals surface area contributed by atoms with Crippen LogP contribution in [-0.4, -0.2) is 43.3 Å². The molecule has 2 amide bonds. The van der Waals surface area contributed by atoms with Gasteiger partial charge in [0.25, 0.3) is 5.91 Å². The number of carbonyl (C=O) groups is 2. The SMILES string of the molecule is COCCNC(=O)C(NC(=O)c1cc(-c2ccccc2Cl)on1)C(C)C. The zero-order valence-electron chi connectivity index (χ0n) is 14.9. The maximum absolute atomic E-state index is 12.5. The molecular weight excluding hydrogens is 358 g/mol. The molecule has 0 aliphatic carbocycles. The van der Waals surface area contributed by atoms with Crippen LogP contribution in [0.5, 0.6) is 0 Å². The van der Waals surface area contributed by atoms with Gasteiger partial charge in [0.05, 0.1) is 11.6 Å². The molecule has 2 N–H and O–H groups in total. The molecule has 2 rings (SSSR count). The highest BCUT2D eigenvalue weighted by atomic mass is 35.5. The van der Waals surface area contributed by atoms with Crippen LogP contribution in [0, 0.1) is 5.92 Å². The minimum atomic E-state index is -0.695. The molecule has 0 saturated carbocycles. The second-order valence-electron chi connectivity index (χ2n) is 6.04. The van der Waals surface area contributed by atoms with Gasteiger partial charge in [-0.05, 0) is 18.1 Å². The summed E-state index contributed by atoms with van der Waals surface area (Å²) < 4.78 is 10.1. The summed E-state index contributed by atoms with van der Waals surface area (Å²) in [5, 5.41) is 9.69. The van der Waals surface area contributed by atoms with Crippen LogP contribution in [0.4, 0.5) is 0 Å². The van der Waals surface area contributed by atoms with E-state index < -0.39 is 11.9 Å². The van der Waals surface area contributed by atoms with Crippen molar-refractivity contribution in [2.75, 3.05) is 20.3 Å². The maximum atomic E-state index is 12.5. The Morgan fingerprint density at radius 3 is 2.69 bits per heavy atom. The number of ether oxygens (including phenoxy) is 1. The number of nitrogens with zero attached hydrogens (tertiary/aromatic N) is 1. The Morgan fingerprint density at radius 1 is 1.31 bits per heavy atom. The first-order valence-corrected chi connectivity index (χ1v) is 8.61. The van der Waals surface area contributed by atoms with Crippen LogP contribution in [0.2, 0.25) is 5.02 Å². The molecule has 0 saturated heterocycles. The molecule has 0 aliphatic heterocycles. The average molecular weight is 380 g/mol. The van der Waals surface area contributed by atoms with E-state index in [1.807, 2.05) is 19.9 Å². The molecule has 7 nitrogen and oxygen atoms in total. The van der Waals surface area contributed by atoms with Gasteiger partial charge in [0.2, 0.25) is 5.91 Å². The molecule has 1 aromatic carbocycles. The van der Waals surface area contributed by atoms with Crippen molar-refractivity contribution < 1.29 is 18.8 Å². The molecule has 8 heteroatoms. The molecule has 2 aromatic rings. The van der Waals surface area contributed by atoms with E-state index >= 15 is 0 Å². The first-order valence-electron chi connectivity index (χ1n) is 8.23. The highest BCUT2D eigenvalue weighted by Crippen LogP contribution is 2.27. The summed E-state index contributed by atoms with van der Waals surface area (Å²) in [6.07, 6.45) is 0. The summed E-state index contributed by atoms with van der Waals surface area (Å²) in [5.74, 6) is -0.490. The topological polar surface area (TPSA) is 93.5 Å². The van der Waals surface area contributed by atoms with E-state index in [-0.39, 0.29) is 17.5 Å². The predicted molar refractivity (Wildman–Crippen MR) is 97.9 cm³/mol. The number of nitrogens with one attached hydrogen (secondary N) is 2. The van der Waals surface area contributed by atoms with Crippen LogP contribution in [-0.2, 0) is 9.53 Å². The molecule has 0 aliphatic rings. The van der Waals surface area contributed by atoms with Crippen molar-refractivity contribution in [1.82, 2.24) is 15.8 Å². The van der Waals surface area contributed by atoms with E-state index in [2.05, 4.69) is 15.8 Å². The summed E-state index contributed by atoms with van der Waals surface area (Å²) >= 11 is 6.12. The Hall–Kier alpha value is -2.38. The van der Waals surface area contributed by atoms with Crippen molar-refractivity contribution in [3.8, 4) is 11.3 Å². The predicted octanol–water partition coefficient (Wildman–Crippen LogP) is 2.51. The van der Waals surface area contributed by atoms with Crippen molar-refractivity contribution in [2.45, 2.75) is 19.9 Å². The molecular formula is C18H22ClN3O4. The molecule has 0 spiro atoms. The van der Waals surface area contributed by atoms with Gasteiger partial charge in [-0.3, -0.25) is 9.59 Å². The summed E-state index contributed by atoms with van der Waals surface area (Å²) in [6.45, 7) is 4.46. The Labute approximate surface area is 157 Å². The van der Waals surface area contributed by atoms with Crippen molar-refractivity contribution in [2.24, 2.45) is 5.92 Å². The monoisotopic (exact) mass is 379 g/mol. The van der Waals surface area contributed by atoms with Gasteiger partial charge in [-0.25, -0.2) is 0 Å². The van der Waals surface area contributed by atoms with Crippen LogP contribution >= 0.6 is 11.6 Å². The lowest BCUT2D eigenvalue weighted by atomic mass is 10.0. The highest BCUT2D eigenvalue weighted by molar-refractivity contribution is 6.33. The molecule has 1 aromatic heterocycles. The number of amides is 2. The quantitative estimate of drug-likeness (QED) is 0.687. The normalized spacial score (nSPS) is 12.0. The van der Waals surface area contributed by atoms with E-state index in [4.69, 9.17) is 20.9 Å². The van der Waals surface area contributed by atoms with Crippen molar-refractivity contribution in [1.29, 1.82) is 0 Å². The number of hydrogen-bond acceptors (Lipinski definition) is 5. The molecule has 0 fully saturated rings. The van der Waals surface area contributed by atoms with Gasteiger partial charge in [-0.2, -0.15) is 0 Å². The second kappa shape index (κ2) is 9.35. The van der Waals surface area contributed by atoms with Gasteiger partial charge < -0.3 is 19.9 Å². The smallest absolute Gasteiger partial charge is 0.274 e. The first kappa shape index (κ1) is 19.9. The van der Waals surface area contributed by atoms with Gasteiger partial charge in [0, 0.05) is 25.3 Å².